The van der Waals surface area contributed by atoms with Gasteiger partial charge in [-0.3, -0.25) is 4.79 Å². The Bertz CT molecular complexity index is 452. The molecule has 0 bridgehead atoms. The van der Waals surface area contributed by atoms with E-state index in [1.54, 1.807) is 0 Å². The average molecular weight is 260 g/mol. The summed E-state index contributed by atoms with van der Waals surface area (Å²) < 4.78 is 41.4. The molecule has 1 aromatic carbocycles. The number of carbonyl (C=O) groups excluding carboxylic acids is 2. The largest absolute Gasteiger partial charge is 0.460 e. The van der Waals surface area contributed by atoms with E-state index in [1.807, 2.05) is 0 Å². The SMILES string of the molecule is CCOC(=O)C(=O)c1ccccc1CC(F)(F)F. The standard InChI is InChI=1S/C12H11F3O3/c1-2-18-11(17)10(16)9-6-4-3-5-8(9)7-12(13,14)15/h3-6H,2,7H2,1H3. The highest BCUT2D eigenvalue weighted by Crippen LogP contribution is 2.23. The summed E-state index contributed by atoms with van der Waals surface area (Å²) in [4.78, 5) is 22.8. The van der Waals surface area contributed by atoms with Crippen molar-refractivity contribution < 1.29 is 27.5 Å². The molecule has 0 spiro atoms. The topological polar surface area (TPSA) is 43.4 Å². The molecule has 1 rings (SSSR count). The molecule has 6 heteroatoms. The summed E-state index contributed by atoms with van der Waals surface area (Å²) in [6.07, 6.45) is -5.70. The van der Waals surface area contributed by atoms with Gasteiger partial charge < -0.3 is 4.74 Å². The van der Waals surface area contributed by atoms with Crippen molar-refractivity contribution in [3.63, 3.8) is 0 Å². The van der Waals surface area contributed by atoms with Gasteiger partial charge in [0.1, 0.15) is 0 Å². The van der Waals surface area contributed by atoms with Crippen LogP contribution in [0.3, 0.4) is 0 Å². The zero-order chi connectivity index (χ0) is 13.8. The number of ketones is 1. The normalized spacial score (nSPS) is 11.1. The summed E-state index contributed by atoms with van der Waals surface area (Å²) in [5, 5.41) is 0. The van der Waals surface area contributed by atoms with Crippen LogP contribution in [-0.2, 0) is 16.0 Å². The molecule has 0 saturated carbocycles. The van der Waals surface area contributed by atoms with E-state index in [4.69, 9.17) is 0 Å². The minimum Gasteiger partial charge on any atom is -0.460 e. The molecule has 0 saturated heterocycles. The van der Waals surface area contributed by atoms with E-state index in [0.717, 1.165) is 0 Å². The number of benzene rings is 1. The summed E-state index contributed by atoms with van der Waals surface area (Å²) in [7, 11) is 0. The maximum Gasteiger partial charge on any atom is 0.393 e. The Balaban J connectivity index is 3.02. The van der Waals surface area contributed by atoms with E-state index in [1.165, 1.54) is 31.2 Å². The summed E-state index contributed by atoms with van der Waals surface area (Å²) >= 11 is 0. The van der Waals surface area contributed by atoms with Crippen molar-refractivity contribution in [3.8, 4) is 0 Å². The van der Waals surface area contributed by atoms with Gasteiger partial charge in [-0.25, -0.2) is 4.79 Å². The molecule has 0 aliphatic rings. The fourth-order valence-corrected chi connectivity index (χ4v) is 1.42. The summed E-state index contributed by atoms with van der Waals surface area (Å²) in [5.41, 5.74) is -0.503. The molecule has 0 radical (unpaired) electrons. The molecule has 0 N–H and O–H groups in total. The lowest BCUT2D eigenvalue weighted by atomic mass is 10.0. The molecule has 0 amide bonds. The predicted octanol–water partition coefficient (Wildman–Crippen LogP) is 2.54. The smallest absolute Gasteiger partial charge is 0.393 e. The van der Waals surface area contributed by atoms with Crippen LogP contribution in [0.5, 0.6) is 0 Å². The Kier molecular flexibility index (Phi) is 4.47. The van der Waals surface area contributed by atoms with Gasteiger partial charge in [0.05, 0.1) is 13.0 Å². The number of halogens is 3. The fraction of sp³-hybridized carbons (Fsp3) is 0.333. The third kappa shape index (κ3) is 3.87. The minimum atomic E-state index is -4.44. The third-order valence-electron chi connectivity index (χ3n) is 2.11. The van der Waals surface area contributed by atoms with Crippen molar-refractivity contribution in [1.82, 2.24) is 0 Å². The Morgan fingerprint density at radius 2 is 1.83 bits per heavy atom. The van der Waals surface area contributed by atoms with Gasteiger partial charge in [0, 0.05) is 5.56 Å². The molecule has 0 unspecified atom stereocenters. The van der Waals surface area contributed by atoms with Crippen molar-refractivity contribution in [2.75, 3.05) is 6.61 Å². The van der Waals surface area contributed by atoms with Gasteiger partial charge in [-0.15, -0.1) is 0 Å². The molecule has 1 aromatic rings. The summed E-state index contributed by atoms with van der Waals surface area (Å²) in [6.45, 7) is 1.50. The van der Waals surface area contributed by atoms with E-state index in [9.17, 15) is 22.8 Å². The van der Waals surface area contributed by atoms with Gasteiger partial charge in [-0.2, -0.15) is 13.2 Å². The monoisotopic (exact) mass is 260 g/mol. The molecule has 0 aliphatic carbocycles. The van der Waals surface area contributed by atoms with Gasteiger partial charge in [0.2, 0.25) is 0 Å². The van der Waals surface area contributed by atoms with Gasteiger partial charge in [-0.05, 0) is 12.5 Å². The lowest BCUT2D eigenvalue weighted by Gasteiger charge is -2.10. The van der Waals surface area contributed by atoms with E-state index < -0.39 is 24.3 Å². The molecule has 98 valence electrons. The van der Waals surface area contributed by atoms with Crippen LogP contribution < -0.4 is 0 Å². The molecule has 3 nitrogen and oxygen atoms in total. The van der Waals surface area contributed by atoms with Crippen LogP contribution >= 0.6 is 0 Å². The highest BCUT2D eigenvalue weighted by molar-refractivity contribution is 6.41. The number of rotatable bonds is 4. The van der Waals surface area contributed by atoms with Crippen LogP contribution in [0.4, 0.5) is 13.2 Å². The van der Waals surface area contributed by atoms with E-state index in [0.29, 0.717) is 0 Å². The second-order valence-electron chi connectivity index (χ2n) is 3.50. The van der Waals surface area contributed by atoms with Crippen LogP contribution in [0.2, 0.25) is 0 Å². The van der Waals surface area contributed by atoms with Gasteiger partial charge in [-0.1, -0.05) is 24.3 Å². The molecule has 0 aliphatic heterocycles. The lowest BCUT2D eigenvalue weighted by Crippen LogP contribution is -2.21. The van der Waals surface area contributed by atoms with Crippen molar-refractivity contribution in [2.45, 2.75) is 19.5 Å². The first-order valence-corrected chi connectivity index (χ1v) is 5.21. The van der Waals surface area contributed by atoms with Crippen molar-refractivity contribution in [3.05, 3.63) is 35.4 Å². The zero-order valence-corrected chi connectivity index (χ0v) is 9.58. The molecular formula is C12H11F3O3. The molecule has 0 aromatic heterocycles. The van der Waals surface area contributed by atoms with Crippen LogP contribution in [-0.4, -0.2) is 24.5 Å². The maximum absolute atomic E-state index is 12.3. The quantitative estimate of drug-likeness (QED) is 0.474. The van der Waals surface area contributed by atoms with Gasteiger partial charge in [0.15, 0.2) is 0 Å². The van der Waals surface area contributed by atoms with Crippen LogP contribution in [0.15, 0.2) is 24.3 Å². The van der Waals surface area contributed by atoms with Gasteiger partial charge >= 0.3 is 12.1 Å². The molecule has 0 atom stereocenters. The van der Waals surface area contributed by atoms with Gasteiger partial charge in [0.25, 0.3) is 5.78 Å². The number of ether oxygens (including phenoxy) is 1. The van der Waals surface area contributed by atoms with E-state index in [-0.39, 0.29) is 17.7 Å². The van der Waals surface area contributed by atoms with Crippen LogP contribution in [0.1, 0.15) is 22.8 Å². The van der Waals surface area contributed by atoms with Crippen LogP contribution in [0.25, 0.3) is 0 Å². The highest BCUT2D eigenvalue weighted by atomic mass is 19.4. The van der Waals surface area contributed by atoms with Crippen molar-refractivity contribution >= 4 is 11.8 Å². The summed E-state index contributed by atoms with van der Waals surface area (Å²) in [5.74, 6) is -2.20. The highest BCUT2D eigenvalue weighted by Gasteiger charge is 2.31. The fourth-order valence-electron chi connectivity index (χ4n) is 1.42. The third-order valence-corrected chi connectivity index (χ3v) is 2.11. The first-order chi connectivity index (χ1) is 8.35. The zero-order valence-electron chi connectivity index (χ0n) is 9.58. The first kappa shape index (κ1) is 14.2. The number of Topliss-reactive ketones (excluding diaryl/α,β-unsaturated/α-hetero) is 1. The number of alkyl halides is 3. The summed E-state index contributed by atoms with van der Waals surface area (Å²) in [6, 6.07) is 5.12. The molecule has 0 fully saturated rings. The minimum absolute atomic E-state index is 0.00793. The Morgan fingerprint density at radius 1 is 1.22 bits per heavy atom. The Morgan fingerprint density at radius 3 is 2.39 bits per heavy atom. The maximum atomic E-state index is 12.3. The van der Waals surface area contributed by atoms with Crippen molar-refractivity contribution in [2.24, 2.45) is 0 Å². The second-order valence-corrected chi connectivity index (χ2v) is 3.50. The van der Waals surface area contributed by atoms with E-state index >= 15 is 0 Å². The predicted molar refractivity (Wildman–Crippen MR) is 57.2 cm³/mol. The number of hydrogen-bond acceptors (Lipinski definition) is 3. The Labute approximate surface area is 102 Å². The molecule has 18 heavy (non-hydrogen) atoms. The second kappa shape index (κ2) is 5.66. The average Bonchev–Trinajstić information content (AvgIpc) is 2.27. The number of esters is 1. The van der Waals surface area contributed by atoms with E-state index in [2.05, 4.69) is 4.74 Å². The Hall–Kier alpha value is -1.85. The molecule has 0 heterocycles. The first-order valence-electron chi connectivity index (χ1n) is 5.21. The number of carbonyl (C=O) groups is 2. The number of hydrogen-bond donors (Lipinski definition) is 0. The van der Waals surface area contributed by atoms with Crippen molar-refractivity contribution in [1.29, 1.82) is 0 Å². The molecular weight excluding hydrogens is 249 g/mol. The van der Waals surface area contributed by atoms with Crippen LogP contribution in [0, 0.1) is 0 Å². The lowest BCUT2D eigenvalue weighted by molar-refractivity contribution is -0.137.